The number of nitrogens with zero attached hydrogens (tertiary/aromatic N) is 2. The second-order valence-electron chi connectivity index (χ2n) is 9.16. The van der Waals surface area contributed by atoms with Crippen LogP contribution in [0.2, 0.25) is 0 Å². The summed E-state index contributed by atoms with van der Waals surface area (Å²) in [6, 6.07) is 7.96. The van der Waals surface area contributed by atoms with E-state index in [9.17, 15) is 4.79 Å². The molecule has 7 nitrogen and oxygen atoms in total. The number of ether oxygens (including phenoxy) is 3. The molecule has 1 N–H and O–H groups in total. The second-order valence-corrected chi connectivity index (χ2v) is 9.60. The summed E-state index contributed by atoms with van der Waals surface area (Å²) in [5.41, 5.74) is 3.39. The van der Waals surface area contributed by atoms with Crippen molar-refractivity contribution in [2.75, 3.05) is 53.6 Å². The molecule has 0 saturated heterocycles. The molecule has 1 aromatic rings. The molecule has 1 aromatic carbocycles. The van der Waals surface area contributed by atoms with Gasteiger partial charge in [0.25, 0.3) is 0 Å². The molecule has 35 heavy (non-hydrogen) atoms. The number of halogens is 1. The summed E-state index contributed by atoms with van der Waals surface area (Å²) in [6.45, 7) is 5.97. The molecular formula is C27H36ClN3O4. The van der Waals surface area contributed by atoms with Crippen LogP contribution in [0.4, 0.5) is 4.79 Å². The first-order valence-corrected chi connectivity index (χ1v) is 12.8. The summed E-state index contributed by atoms with van der Waals surface area (Å²) < 4.78 is 16.6. The minimum absolute atomic E-state index is 0.154. The van der Waals surface area contributed by atoms with Crippen molar-refractivity contribution < 1.29 is 19.0 Å². The normalized spacial score (nSPS) is 23.1. The van der Waals surface area contributed by atoms with E-state index in [0.29, 0.717) is 19.8 Å². The highest BCUT2D eigenvalue weighted by Crippen LogP contribution is 2.45. The van der Waals surface area contributed by atoms with Crippen molar-refractivity contribution in [2.45, 2.75) is 31.8 Å². The van der Waals surface area contributed by atoms with Crippen LogP contribution in [-0.2, 0) is 9.47 Å². The fraction of sp³-hybridized carbons (Fsp3) is 0.519. The van der Waals surface area contributed by atoms with Crippen molar-refractivity contribution in [3.63, 3.8) is 0 Å². The maximum absolute atomic E-state index is 12.9. The predicted molar refractivity (Wildman–Crippen MR) is 138 cm³/mol. The largest absolute Gasteiger partial charge is 0.494 e. The Balaban J connectivity index is 1.52. The first kappa shape index (κ1) is 25.6. The van der Waals surface area contributed by atoms with E-state index < -0.39 is 0 Å². The van der Waals surface area contributed by atoms with Crippen molar-refractivity contribution in [3.8, 4) is 5.75 Å². The highest BCUT2D eigenvalue weighted by Gasteiger charge is 2.43. The van der Waals surface area contributed by atoms with E-state index in [4.69, 9.17) is 25.8 Å². The smallest absolute Gasteiger partial charge is 0.410 e. The standard InChI is InChI=1S/C27H36ClN3O4/c1-4-34-27(32)31-13-11-22-23-18-20(28)9-10-24(23)29-25(22)26(31)19-7-5-8-21(17-19)35-15-6-12-30(2)14-16-33-3/h5,7-10,17-18,23-24,26,29H,4,6,11-16H2,1-3H3. The Morgan fingerprint density at radius 2 is 2.14 bits per heavy atom. The second kappa shape index (κ2) is 12.0. The quantitative estimate of drug-likeness (QED) is 0.477. The van der Waals surface area contributed by atoms with Crippen molar-refractivity contribution >= 4 is 17.7 Å². The lowest BCUT2D eigenvalue weighted by molar-refractivity contribution is 0.0921. The highest BCUT2D eigenvalue weighted by atomic mass is 35.5. The molecule has 2 heterocycles. The van der Waals surface area contributed by atoms with E-state index in [1.54, 1.807) is 7.11 Å². The lowest BCUT2D eigenvalue weighted by Crippen LogP contribution is -2.42. The number of allylic oxidation sites excluding steroid dienone is 2. The van der Waals surface area contributed by atoms with Gasteiger partial charge >= 0.3 is 6.09 Å². The molecule has 1 amide bonds. The maximum Gasteiger partial charge on any atom is 0.410 e. The van der Waals surface area contributed by atoms with Gasteiger partial charge in [-0.2, -0.15) is 0 Å². The van der Waals surface area contributed by atoms with Crippen LogP contribution in [-0.4, -0.2) is 75.5 Å². The number of hydrogen-bond acceptors (Lipinski definition) is 6. The van der Waals surface area contributed by atoms with Gasteiger partial charge in [-0.3, -0.25) is 4.90 Å². The summed E-state index contributed by atoms with van der Waals surface area (Å²) in [5, 5.41) is 4.43. The average molecular weight is 502 g/mol. The van der Waals surface area contributed by atoms with E-state index in [-0.39, 0.29) is 24.1 Å². The number of benzene rings is 1. The molecular weight excluding hydrogens is 466 g/mol. The zero-order valence-electron chi connectivity index (χ0n) is 20.8. The maximum atomic E-state index is 12.9. The zero-order chi connectivity index (χ0) is 24.8. The van der Waals surface area contributed by atoms with Crippen LogP contribution >= 0.6 is 11.6 Å². The molecule has 3 atom stereocenters. The number of carbonyl (C=O) groups excluding carboxylic acids is 1. The van der Waals surface area contributed by atoms with Crippen molar-refractivity contribution in [1.29, 1.82) is 0 Å². The average Bonchev–Trinajstić information content (AvgIpc) is 3.23. The predicted octanol–water partition coefficient (Wildman–Crippen LogP) is 4.47. The molecule has 1 aliphatic carbocycles. The van der Waals surface area contributed by atoms with Crippen LogP contribution in [0, 0.1) is 5.92 Å². The van der Waals surface area contributed by atoms with Crippen LogP contribution in [0.1, 0.15) is 31.4 Å². The molecule has 0 bridgehead atoms. The summed E-state index contributed by atoms with van der Waals surface area (Å²) in [7, 11) is 3.80. The van der Waals surface area contributed by atoms with Gasteiger partial charge in [-0.15, -0.1) is 0 Å². The van der Waals surface area contributed by atoms with Gasteiger partial charge in [0, 0.05) is 43.4 Å². The monoisotopic (exact) mass is 501 g/mol. The fourth-order valence-electron chi connectivity index (χ4n) is 5.04. The van der Waals surface area contributed by atoms with Crippen LogP contribution < -0.4 is 10.1 Å². The van der Waals surface area contributed by atoms with Gasteiger partial charge in [0.15, 0.2) is 0 Å². The van der Waals surface area contributed by atoms with Gasteiger partial charge in [-0.1, -0.05) is 35.9 Å². The number of nitrogens with one attached hydrogen (secondary N) is 1. The Morgan fingerprint density at radius 3 is 2.94 bits per heavy atom. The summed E-state index contributed by atoms with van der Waals surface area (Å²) >= 11 is 6.33. The van der Waals surface area contributed by atoms with E-state index in [1.807, 2.05) is 36.1 Å². The number of amides is 1. The number of likely N-dealkylation sites (N-methyl/N-ethyl adjacent to an activating group) is 1. The van der Waals surface area contributed by atoms with Crippen molar-refractivity contribution in [3.05, 3.63) is 64.4 Å². The highest BCUT2D eigenvalue weighted by molar-refractivity contribution is 6.31. The van der Waals surface area contributed by atoms with E-state index in [2.05, 4.69) is 35.5 Å². The van der Waals surface area contributed by atoms with Gasteiger partial charge in [0.1, 0.15) is 11.8 Å². The third-order valence-corrected chi connectivity index (χ3v) is 7.02. The third-order valence-electron chi connectivity index (χ3n) is 6.77. The van der Waals surface area contributed by atoms with Gasteiger partial charge in [0.05, 0.1) is 25.9 Å². The van der Waals surface area contributed by atoms with Gasteiger partial charge in [-0.25, -0.2) is 4.79 Å². The molecule has 8 heteroatoms. The Kier molecular flexibility index (Phi) is 8.76. The summed E-state index contributed by atoms with van der Waals surface area (Å²) in [5.74, 6) is 1.01. The Labute approximate surface area is 213 Å². The Bertz CT molecular complexity index is 992. The van der Waals surface area contributed by atoms with Gasteiger partial charge < -0.3 is 24.4 Å². The number of carbonyl (C=O) groups is 1. The molecule has 4 rings (SSSR count). The SMILES string of the molecule is CCOC(=O)N1CCC2=C(NC3C=CC(Cl)=CC23)C1c1cccc(OCCCN(C)CCOC)c1. The molecule has 0 spiro atoms. The topological polar surface area (TPSA) is 63.3 Å². The minimum Gasteiger partial charge on any atom is -0.494 e. The molecule has 0 radical (unpaired) electrons. The molecule has 2 aliphatic heterocycles. The molecule has 190 valence electrons. The van der Waals surface area contributed by atoms with Crippen molar-refractivity contribution in [1.82, 2.24) is 15.1 Å². The van der Waals surface area contributed by atoms with Crippen molar-refractivity contribution in [2.24, 2.45) is 5.92 Å². The summed E-state index contributed by atoms with van der Waals surface area (Å²) in [6.07, 6.45) is 7.58. The molecule has 3 unspecified atom stereocenters. The van der Waals surface area contributed by atoms with E-state index >= 15 is 0 Å². The lowest BCUT2D eigenvalue weighted by atomic mass is 9.85. The number of fused-ring (bicyclic) bond motifs is 2. The number of methoxy groups -OCH3 is 1. The van der Waals surface area contributed by atoms with Crippen LogP contribution in [0.15, 0.2) is 58.8 Å². The Morgan fingerprint density at radius 1 is 1.29 bits per heavy atom. The molecule has 0 aromatic heterocycles. The van der Waals surface area contributed by atoms with Crippen LogP contribution in [0.5, 0.6) is 5.75 Å². The zero-order valence-corrected chi connectivity index (χ0v) is 21.6. The van der Waals surface area contributed by atoms with Gasteiger partial charge in [-0.05, 0) is 56.2 Å². The van der Waals surface area contributed by atoms with E-state index in [0.717, 1.165) is 54.6 Å². The molecule has 0 saturated carbocycles. The first-order chi connectivity index (χ1) is 17.0. The van der Waals surface area contributed by atoms with Gasteiger partial charge in [0.2, 0.25) is 0 Å². The third kappa shape index (κ3) is 6.02. The first-order valence-electron chi connectivity index (χ1n) is 12.4. The number of hydrogen-bond donors (Lipinski definition) is 1. The fourth-order valence-corrected chi connectivity index (χ4v) is 5.25. The minimum atomic E-state index is -0.296. The lowest BCUT2D eigenvalue weighted by Gasteiger charge is -2.37. The number of rotatable bonds is 10. The molecule has 3 aliphatic rings. The summed E-state index contributed by atoms with van der Waals surface area (Å²) in [4.78, 5) is 17.0. The molecule has 0 fully saturated rings. The van der Waals surface area contributed by atoms with Crippen LogP contribution in [0.3, 0.4) is 0 Å². The van der Waals surface area contributed by atoms with Crippen LogP contribution in [0.25, 0.3) is 0 Å². The Hall–Kier alpha value is -2.48. The van der Waals surface area contributed by atoms with E-state index in [1.165, 1.54) is 5.57 Å².